The standard InChI is InChI=1S/4C11H17N.C10H16N2O.C10H16N2.2C9H16N2/c2*1-8(2)10-5-6-12-7-11(10)9(3)4;2*1-8(2)10-6-5-7-12-11(10)9(3)4;1-7(2)10-11-6-5-9(13)12(10)8(3)4;1-7(2)9-10(8(3)4)12-6-5-11-9;1-7(2)9-5-6-10-11(9)8(3)4;1-6(2)8-5-10-11-9(8)7(3)4/h4*5-9H,1-4H3;5-8H,1-4H3;5-8H,1-4H3;5-8H,1-4H3;5-7H,1-4H3,(H,10,11). The first-order valence-corrected chi connectivity index (χ1v) is 35.6. The zero-order chi connectivity index (χ0) is 72.6. The number of aromatic amines is 1. The van der Waals surface area contributed by atoms with E-state index >= 15 is 0 Å². The van der Waals surface area contributed by atoms with Crippen LogP contribution in [0.2, 0.25) is 0 Å². The summed E-state index contributed by atoms with van der Waals surface area (Å²) in [7, 11) is 0. The van der Waals surface area contributed by atoms with Crippen molar-refractivity contribution in [1.82, 2.24) is 59.4 Å². The summed E-state index contributed by atoms with van der Waals surface area (Å²) in [5.74, 6) is 8.37. The van der Waals surface area contributed by atoms with Gasteiger partial charge in [0, 0.05) is 109 Å². The van der Waals surface area contributed by atoms with Crippen molar-refractivity contribution in [2.24, 2.45) is 0 Å². The molecule has 0 unspecified atom stereocenters. The molecule has 0 aliphatic rings. The van der Waals surface area contributed by atoms with E-state index in [1.165, 1.54) is 67.8 Å². The molecule has 8 aromatic rings. The Labute approximate surface area is 579 Å². The number of nitrogens with one attached hydrogen (secondary N) is 1. The maximum atomic E-state index is 11.5. The van der Waals surface area contributed by atoms with E-state index in [1.807, 2.05) is 89.4 Å². The van der Waals surface area contributed by atoms with Crippen LogP contribution in [0.5, 0.6) is 0 Å². The maximum absolute atomic E-state index is 11.5. The summed E-state index contributed by atoms with van der Waals surface area (Å²) in [4.78, 5) is 41.5. The summed E-state index contributed by atoms with van der Waals surface area (Å²) in [6.07, 6.45) is 20.4. The lowest BCUT2D eigenvalue weighted by molar-refractivity contribution is 0.498. The van der Waals surface area contributed by atoms with Gasteiger partial charge in [-0.05, 0) is 174 Å². The molecular weight excluding hydrogens is 1170 g/mol. The van der Waals surface area contributed by atoms with Gasteiger partial charge in [-0.2, -0.15) is 10.2 Å². The van der Waals surface area contributed by atoms with Gasteiger partial charge in [0.15, 0.2) is 0 Å². The molecule has 0 spiro atoms. The topological polar surface area (TPSA) is 159 Å². The molecule has 95 heavy (non-hydrogen) atoms. The normalized spacial score (nSPS) is 11.2. The van der Waals surface area contributed by atoms with E-state index in [0.29, 0.717) is 83.0 Å². The predicted molar refractivity (Wildman–Crippen MR) is 406 cm³/mol. The lowest BCUT2D eigenvalue weighted by atomic mass is 9.93. The van der Waals surface area contributed by atoms with E-state index in [-0.39, 0.29) is 17.5 Å². The number of rotatable bonds is 16. The Morgan fingerprint density at radius 1 is 0.305 bits per heavy atom. The summed E-state index contributed by atoms with van der Waals surface area (Å²) in [5, 5.41) is 11.3. The molecule has 0 saturated carbocycles. The van der Waals surface area contributed by atoms with Crippen molar-refractivity contribution in [1.29, 1.82) is 0 Å². The van der Waals surface area contributed by atoms with Crippen LogP contribution in [0.4, 0.5) is 0 Å². The van der Waals surface area contributed by atoms with Crippen LogP contribution in [0.1, 0.15) is 395 Å². The Morgan fingerprint density at radius 3 is 0.968 bits per heavy atom. The van der Waals surface area contributed by atoms with Gasteiger partial charge in [-0.15, -0.1) is 0 Å². The van der Waals surface area contributed by atoms with Crippen molar-refractivity contribution in [3.05, 3.63) is 206 Å². The molecule has 0 fully saturated rings. The van der Waals surface area contributed by atoms with Gasteiger partial charge in [0.05, 0.1) is 17.6 Å². The van der Waals surface area contributed by atoms with Gasteiger partial charge < -0.3 is 0 Å². The molecule has 8 heterocycles. The molecule has 0 aromatic carbocycles. The fraction of sp³-hybridized carbons (Fsp3) is 0.585. The molecule has 526 valence electrons. The number of nitrogens with zero attached hydrogens (tertiary/aromatic N) is 11. The maximum Gasteiger partial charge on any atom is 0.253 e. The lowest BCUT2D eigenvalue weighted by Crippen LogP contribution is -2.26. The number of aromatic nitrogens is 12. The van der Waals surface area contributed by atoms with Crippen LogP contribution in [0.15, 0.2) is 121 Å². The van der Waals surface area contributed by atoms with Crippen molar-refractivity contribution in [2.75, 3.05) is 0 Å². The molecular formula is C82H132N12O. The van der Waals surface area contributed by atoms with Crippen LogP contribution in [0.3, 0.4) is 0 Å². The molecule has 0 radical (unpaired) electrons. The number of H-pyrrole nitrogens is 1. The summed E-state index contributed by atoms with van der Waals surface area (Å²) in [6.45, 7) is 69.4. The molecule has 0 aliphatic heterocycles. The van der Waals surface area contributed by atoms with Gasteiger partial charge in [-0.25, -0.2) is 4.98 Å². The molecule has 1 N–H and O–H groups in total. The average molecular weight is 1300 g/mol. The largest absolute Gasteiger partial charge is 0.294 e. The molecule has 13 nitrogen and oxygen atoms in total. The smallest absolute Gasteiger partial charge is 0.253 e. The summed E-state index contributed by atoms with van der Waals surface area (Å²) in [5.41, 5.74) is 17.1. The van der Waals surface area contributed by atoms with Crippen molar-refractivity contribution < 1.29 is 0 Å². The Balaban J connectivity index is 0.000000543. The van der Waals surface area contributed by atoms with E-state index in [9.17, 15) is 4.79 Å². The fourth-order valence-electron chi connectivity index (χ4n) is 10.7. The van der Waals surface area contributed by atoms with Gasteiger partial charge in [0.2, 0.25) is 0 Å². The van der Waals surface area contributed by atoms with Gasteiger partial charge in [0.25, 0.3) is 5.56 Å². The Hall–Kier alpha value is -7.02. The first kappa shape index (κ1) is 86.0. The highest BCUT2D eigenvalue weighted by atomic mass is 16.1. The minimum atomic E-state index is 0.0358. The van der Waals surface area contributed by atoms with E-state index in [0.717, 1.165) is 17.2 Å². The predicted octanol–water partition coefficient (Wildman–Crippen LogP) is 23.2. The Bertz CT molecular complexity index is 2830. The van der Waals surface area contributed by atoms with Crippen molar-refractivity contribution >= 4 is 0 Å². The van der Waals surface area contributed by atoms with Crippen LogP contribution < -0.4 is 5.56 Å². The molecule has 8 aromatic heterocycles. The molecule has 13 heteroatoms. The Morgan fingerprint density at radius 2 is 0.695 bits per heavy atom. The van der Waals surface area contributed by atoms with Crippen LogP contribution >= 0.6 is 0 Å². The fourth-order valence-corrected chi connectivity index (χ4v) is 10.7. The summed E-state index contributed by atoms with van der Waals surface area (Å²) < 4.78 is 3.81. The zero-order valence-electron chi connectivity index (χ0n) is 65.5. The quantitative estimate of drug-likeness (QED) is 0.0987. The highest BCUT2D eigenvalue weighted by Crippen LogP contribution is 2.29. The average Bonchev–Trinajstić information content (AvgIpc) is 1.87. The molecule has 0 saturated heterocycles. The molecule has 0 atom stereocenters. The van der Waals surface area contributed by atoms with Crippen LogP contribution in [0, 0.1) is 0 Å². The van der Waals surface area contributed by atoms with E-state index in [4.69, 9.17) is 0 Å². The number of hydrogen-bond donors (Lipinski definition) is 1. The zero-order valence-corrected chi connectivity index (χ0v) is 65.5. The second-order valence-electron chi connectivity index (χ2n) is 29.6. The van der Waals surface area contributed by atoms with Crippen LogP contribution in [-0.4, -0.2) is 59.4 Å². The SMILES string of the molecule is CC(C)c1cccnc1C(C)C.CC(C)c1cccnc1C(C)C.CC(C)c1ccncc1C(C)C.CC(C)c1ccncc1C(C)C.CC(C)c1ccnn1C(C)C.CC(C)c1cn[nH]c1C(C)C.CC(C)c1nccc(=O)n1C(C)C.CC(C)c1nccnc1C(C)C. The minimum Gasteiger partial charge on any atom is -0.294 e. The van der Waals surface area contributed by atoms with Crippen molar-refractivity contribution in [3.63, 3.8) is 0 Å². The summed E-state index contributed by atoms with van der Waals surface area (Å²) in [6, 6.07) is 16.9. The van der Waals surface area contributed by atoms with E-state index < -0.39 is 0 Å². The van der Waals surface area contributed by atoms with E-state index in [1.54, 1.807) is 23.2 Å². The van der Waals surface area contributed by atoms with Crippen LogP contribution in [0.25, 0.3) is 0 Å². The highest BCUT2D eigenvalue weighted by Gasteiger charge is 2.16. The van der Waals surface area contributed by atoms with Gasteiger partial charge in [-0.1, -0.05) is 206 Å². The highest BCUT2D eigenvalue weighted by molar-refractivity contribution is 5.31. The third kappa shape index (κ3) is 29.5. The second kappa shape index (κ2) is 43.9. The van der Waals surface area contributed by atoms with E-state index in [2.05, 4.69) is 279 Å². The molecule has 0 amide bonds. The number of pyridine rings is 4. The van der Waals surface area contributed by atoms with Crippen LogP contribution in [-0.2, 0) is 0 Å². The lowest BCUT2D eigenvalue weighted by Gasteiger charge is -2.16. The first-order valence-electron chi connectivity index (χ1n) is 35.6. The number of hydrogen-bond acceptors (Lipinski definition) is 10. The second-order valence-corrected chi connectivity index (χ2v) is 29.6. The minimum absolute atomic E-state index is 0.0358. The van der Waals surface area contributed by atoms with Gasteiger partial charge in [0.1, 0.15) is 5.82 Å². The third-order valence-electron chi connectivity index (χ3n) is 15.8. The van der Waals surface area contributed by atoms with Gasteiger partial charge in [-0.3, -0.25) is 49.0 Å². The van der Waals surface area contributed by atoms with Crippen molar-refractivity contribution in [3.8, 4) is 0 Å². The van der Waals surface area contributed by atoms with Gasteiger partial charge >= 0.3 is 0 Å². The third-order valence-corrected chi connectivity index (χ3v) is 15.8. The van der Waals surface area contributed by atoms with Crippen molar-refractivity contribution in [2.45, 2.75) is 316 Å². The monoisotopic (exact) mass is 1300 g/mol. The molecule has 0 aliphatic carbocycles. The molecule has 8 rings (SSSR count). The Kier molecular flexibility index (Phi) is 39.8. The summed E-state index contributed by atoms with van der Waals surface area (Å²) >= 11 is 0. The molecule has 0 bridgehead atoms. The first-order chi connectivity index (χ1) is 44.4.